The molecular weight excluding hydrogens is 429 g/mol. The van der Waals surface area contributed by atoms with Crippen LogP contribution in [-0.4, -0.2) is 26.5 Å². The van der Waals surface area contributed by atoms with Gasteiger partial charge >= 0.3 is 0 Å². The van der Waals surface area contributed by atoms with E-state index < -0.39 is 0 Å². The molecule has 0 aliphatic heterocycles. The van der Waals surface area contributed by atoms with E-state index in [0.717, 1.165) is 22.0 Å². The van der Waals surface area contributed by atoms with Crippen molar-refractivity contribution in [1.29, 1.82) is 0 Å². The Hall–Kier alpha value is -4.39. The fourth-order valence-electron chi connectivity index (χ4n) is 3.80. The van der Waals surface area contributed by atoms with Gasteiger partial charge in [0.2, 0.25) is 0 Å². The van der Waals surface area contributed by atoms with Crippen molar-refractivity contribution in [3.63, 3.8) is 0 Å². The van der Waals surface area contributed by atoms with Gasteiger partial charge in [0.05, 0.1) is 23.5 Å². The predicted octanol–water partition coefficient (Wildman–Crippen LogP) is 5.66. The van der Waals surface area contributed by atoms with Crippen LogP contribution in [0.3, 0.4) is 0 Å². The minimum Gasteiger partial charge on any atom is -0.474 e. The molecule has 5 rings (SSSR count). The normalized spacial score (nSPS) is 11.9. The van der Waals surface area contributed by atoms with Crippen molar-refractivity contribution < 1.29 is 9.13 Å². The van der Waals surface area contributed by atoms with E-state index in [0.29, 0.717) is 17.1 Å². The van der Waals surface area contributed by atoms with E-state index in [4.69, 9.17) is 15.5 Å². The van der Waals surface area contributed by atoms with Crippen molar-refractivity contribution in [3.05, 3.63) is 96.7 Å². The summed E-state index contributed by atoms with van der Waals surface area (Å²) in [6, 6.07) is 22.5. The van der Waals surface area contributed by atoms with Crippen molar-refractivity contribution >= 4 is 16.7 Å². The Morgan fingerprint density at radius 2 is 1.62 bits per heavy atom. The van der Waals surface area contributed by atoms with Crippen molar-refractivity contribution in [2.24, 2.45) is 0 Å². The third-order valence-corrected chi connectivity index (χ3v) is 5.54. The van der Waals surface area contributed by atoms with Crippen LogP contribution in [0.4, 0.5) is 10.2 Å². The van der Waals surface area contributed by atoms with Crippen molar-refractivity contribution in [2.45, 2.75) is 12.8 Å². The number of nitrogens with two attached hydrogens (primary N) is 1. The predicted molar refractivity (Wildman–Crippen MR) is 131 cm³/mol. The molecule has 0 bridgehead atoms. The Kier molecular flexibility index (Phi) is 5.82. The molecule has 2 N–H and O–H groups in total. The van der Waals surface area contributed by atoms with E-state index in [9.17, 15) is 4.39 Å². The minimum absolute atomic E-state index is 0.151. The molecule has 0 saturated carbocycles. The van der Waals surface area contributed by atoms with Crippen LogP contribution in [0.5, 0.6) is 5.88 Å². The van der Waals surface area contributed by atoms with Gasteiger partial charge in [-0.2, -0.15) is 0 Å². The number of ether oxygens (including phenoxy) is 1. The Balaban J connectivity index is 1.55. The first kappa shape index (κ1) is 21.5. The van der Waals surface area contributed by atoms with Gasteiger partial charge in [-0.3, -0.25) is 9.97 Å². The number of nitrogen functional groups attached to an aromatic ring is 1. The maximum Gasteiger partial charge on any atom is 0.257 e. The Labute approximate surface area is 196 Å². The van der Waals surface area contributed by atoms with E-state index >= 15 is 0 Å². The Morgan fingerprint density at radius 1 is 0.853 bits per heavy atom. The van der Waals surface area contributed by atoms with Gasteiger partial charge in [-0.05, 0) is 30.3 Å². The van der Waals surface area contributed by atoms with Gasteiger partial charge in [-0.15, -0.1) is 0 Å². The number of anilines is 1. The third-order valence-electron chi connectivity index (χ3n) is 5.54. The average Bonchev–Trinajstić information content (AvgIpc) is 2.88. The molecule has 168 valence electrons. The monoisotopic (exact) mass is 451 g/mol. The molecule has 3 heterocycles. The first-order chi connectivity index (χ1) is 16.6. The van der Waals surface area contributed by atoms with E-state index in [2.05, 4.69) is 15.0 Å². The van der Waals surface area contributed by atoms with Gasteiger partial charge in [0.15, 0.2) is 5.82 Å². The van der Waals surface area contributed by atoms with Gasteiger partial charge in [-0.25, -0.2) is 14.4 Å². The Bertz CT molecular complexity index is 1460. The second kappa shape index (κ2) is 9.23. The smallest absolute Gasteiger partial charge is 0.257 e. The summed E-state index contributed by atoms with van der Waals surface area (Å²) in [7, 11) is 0. The molecule has 0 aliphatic rings. The first-order valence-electron chi connectivity index (χ1n) is 10.9. The number of fused-ring (bicyclic) bond motifs is 1. The molecule has 0 radical (unpaired) electrons. The maximum atomic E-state index is 14.1. The molecule has 34 heavy (non-hydrogen) atoms. The number of rotatable bonds is 6. The topological polar surface area (TPSA) is 86.8 Å². The van der Waals surface area contributed by atoms with Crippen LogP contribution >= 0.6 is 0 Å². The van der Waals surface area contributed by atoms with Crippen LogP contribution in [0.1, 0.15) is 18.5 Å². The second-order valence-electron chi connectivity index (χ2n) is 7.97. The van der Waals surface area contributed by atoms with Crippen LogP contribution < -0.4 is 10.5 Å². The number of pyridine rings is 2. The standard InChI is InChI=1S/C27H22FN5O/c1-17(23-21(28)10-6-14-31-23)16-34-27-26(29)32-24(18-7-3-2-4-8-18)25(33-27)20-11-12-22-19(15-20)9-5-13-30-22/h2-15,17H,16H2,1H3,(H2,29,32). The highest BCUT2D eigenvalue weighted by molar-refractivity contribution is 5.87. The number of halogens is 1. The minimum atomic E-state index is -0.373. The van der Waals surface area contributed by atoms with Gasteiger partial charge in [0.1, 0.15) is 11.5 Å². The summed E-state index contributed by atoms with van der Waals surface area (Å²) in [6.07, 6.45) is 3.32. The molecule has 3 aromatic heterocycles. The molecular formula is C27H22FN5O. The molecule has 5 aromatic rings. The molecule has 0 spiro atoms. The molecule has 1 atom stereocenters. The number of benzene rings is 2. The number of hydrogen-bond donors (Lipinski definition) is 1. The molecule has 0 amide bonds. The first-order valence-corrected chi connectivity index (χ1v) is 10.9. The molecule has 1 unspecified atom stereocenters. The van der Waals surface area contributed by atoms with Crippen molar-refractivity contribution in [1.82, 2.24) is 19.9 Å². The van der Waals surface area contributed by atoms with E-state index in [-0.39, 0.29) is 30.0 Å². The average molecular weight is 452 g/mol. The zero-order valence-electron chi connectivity index (χ0n) is 18.5. The lowest BCUT2D eigenvalue weighted by Crippen LogP contribution is -2.13. The van der Waals surface area contributed by atoms with Gasteiger partial charge in [0, 0.05) is 34.8 Å². The van der Waals surface area contributed by atoms with Crippen molar-refractivity contribution in [3.8, 4) is 28.4 Å². The van der Waals surface area contributed by atoms with Crippen LogP contribution in [0.15, 0.2) is 85.2 Å². The number of nitrogens with zero attached hydrogens (tertiary/aromatic N) is 4. The summed E-state index contributed by atoms with van der Waals surface area (Å²) >= 11 is 0. The number of hydrogen-bond acceptors (Lipinski definition) is 6. The van der Waals surface area contributed by atoms with Crippen molar-refractivity contribution in [2.75, 3.05) is 12.3 Å². The highest BCUT2D eigenvalue weighted by atomic mass is 19.1. The van der Waals surface area contributed by atoms with Crippen LogP contribution in [0, 0.1) is 5.82 Å². The molecule has 0 fully saturated rings. The summed E-state index contributed by atoms with van der Waals surface area (Å²) in [4.78, 5) is 18.0. The SMILES string of the molecule is CC(COc1nc(-c2ccc3ncccc3c2)c(-c2ccccc2)nc1N)c1ncccc1F. The molecule has 0 saturated heterocycles. The molecule has 6 nitrogen and oxygen atoms in total. The van der Waals surface area contributed by atoms with E-state index in [1.54, 1.807) is 18.5 Å². The fourth-order valence-corrected chi connectivity index (χ4v) is 3.80. The van der Waals surface area contributed by atoms with Crippen LogP contribution in [-0.2, 0) is 0 Å². The summed E-state index contributed by atoms with van der Waals surface area (Å²) in [5, 5.41) is 0.986. The van der Waals surface area contributed by atoms with Gasteiger partial charge in [-0.1, -0.05) is 49.4 Å². The van der Waals surface area contributed by atoms with E-state index in [1.807, 2.05) is 67.6 Å². The quantitative estimate of drug-likeness (QED) is 0.359. The van der Waals surface area contributed by atoms with Crippen LogP contribution in [0.25, 0.3) is 33.4 Å². The second-order valence-corrected chi connectivity index (χ2v) is 7.97. The lowest BCUT2D eigenvalue weighted by Gasteiger charge is -2.16. The maximum absolute atomic E-state index is 14.1. The third kappa shape index (κ3) is 4.28. The van der Waals surface area contributed by atoms with Gasteiger partial charge < -0.3 is 10.5 Å². The molecule has 0 aliphatic carbocycles. The molecule has 7 heteroatoms. The highest BCUT2D eigenvalue weighted by Crippen LogP contribution is 2.34. The largest absolute Gasteiger partial charge is 0.474 e. The van der Waals surface area contributed by atoms with E-state index in [1.165, 1.54) is 6.07 Å². The summed E-state index contributed by atoms with van der Waals surface area (Å²) in [5.41, 5.74) is 10.5. The summed E-state index contributed by atoms with van der Waals surface area (Å²) in [5.74, 6) is -0.308. The van der Waals surface area contributed by atoms with Gasteiger partial charge in [0.25, 0.3) is 5.88 Å². The Morgan fingerprint density at radius 3 is 2.44 bits per heavy atom. The zero-order chi connectivity index (χ0) is 23.5. The summed E-state index contributed by atoms with van der Waals surface area (Å²) < 4.78 is 20.1. The van der Waals surface area contributed by atoms with Crippen LogP contribution in [0.2, 0.25) is 0 Å². The summed E-state index contributed by atoms with van der Waals surface area (Å²) in [6.45, 7) is 1.99. The molecule has 2 aromatic carbocycles. The fraction of sp³-hybridized carbons (Fsp3) is 0.111. The lowest BCUT2D eigenvalue weighted by atomic mass is 10.0. The number of aromatic nitrogens is 4. The zero-order valence-corrected chi connectivity index (χ0v) is 18.5. The lowest BCUT2D eigenvalue weighted by molar-refractivity contribution is 0.281. The highest BCUT2D eigenvalue weighted by Gasteiger charge is 2.19.